The van der Waals surface area contributed by atoms with E-state index in [1.165, 1.54) is 20.3 Å². The van der Waals surface area contributed by atoms with Crippen LogP contribution in [0, 0.1) is 16.7 Å². The zero-order chi connectivity index (χ0) is 54.4. The molecule has 19 nitrogen and oxygen atoms in total. The monoisotopic (exact) mass is 1110 g/mol. The van der Waals surface area contributed by atoms with Gasteiger partial charge in [0.25, 0.3) is 0 Å². The fourth-order valence-corrected chi connectivity index (χ4v) is 14.7. The fourth-order valence-electron chi connectivity index (χ4n) is 11.4. The van der Waals surface area contributed by atoms with Gasteiger partial charge in [0.05, 0.1) is 30.2 Å². The predicted octanol–water partition coefficient (Wildman–Crippen LogP) is 2.69. The summed E-state index contributed by atoms with van der Waals surface area (Å²) >= 11 is 3.46. The highest BCUT2D eigenvalue weighted by Gasteiger charge is 2.56. The van der Waals surface area contributed by atoms with E-state index in [-0.39, 0.29) is 85.5 Å². The van der Waals surface area contributed by atoms with Gasteiger partial charge in [0.15, 0.2) is 0 Å². The van der Waals surface area contributed by atoms with E-state index in [1.807, 2.05) is 44.7 Å². The first-order valence-electron chi connectivity index (χ1n) is 27.2. The maximum atomic E-state index is 14.1. The normalized spacial score (nSPS) is 27.9. The minimum absolute atomic E-state index is 0.00871. The Kier molecular flexibility index (Phi) is 19.2. The van der Waals surface area contributed by atoms with Crippen LogP contribution in [0.3, 0.4) is 0 Å². The molecule has 0 aromatic heterocycles. The van der Waals surface area contributed by atoms with Gasteiger partial charge < -0.3 is 47.2 Å². The third kappa shape index (κ3) is 14.7. The highest BCUT2D eigenvalue weighted by Crippen LogP contribution is 2.52. The number of unbranched alkanes of at least 4 members (excludes halogenated alkanes) is 2. The average molecular weight is 1110 g/mol. The first-order chi connectivity index (χ1) is 36.2. The number of hydrogen-bond donors (Lipinski definition) is 9. The molecule has 5 heterocycles. The molecule has 1 aliphatic carbocycles. The molecule has 2 aromatic carbocycles. The van der Waals surface area contributed by atoms with Crippen LogP contribution < -0.4 is 42.5 Å². The number of likely N-dealkylation sites (tertiary alicyclic amines) is 1. The molecule has 8 rings (SSSR count). The Morgan fingerprint density at radius 2 is 1.63 bits per heavy atom. The number of sulfonamides is 1. The van der Waals surface area contributed by atoms with Crippen molar-refractivity contribution in [3.8, 4) is 0 Å². The van der Waals surface area contributed by atoms with E-state index < -0.39 is 50.9 Å². The number of amides is 6. The molecule has 0 spiro atoms. The van der Waals surface area contributed by atoms with Gasteiger partial charge in [-0.05, 0) is 92.0 Å². The molecule has 7 unspecified atom stereocenters. The van der Waals surface area contributed by atoms with E-state index in [2.05, 4.69) is 85.9 Å². The van der Waals surface area contributed by atoms with Gasteiger partial charge in [0.1, 0.15) is 17.6 Å². The Labute approximate surface area is 456 Å². The molecule has 22 heteroatoms. The summed E-state index contributed by atoms with van der Waals surface area (Å²) in [6, 6.07) is 15.4. The van der Waals surface area contributed by atoms with E-state index in [1.54, 1.807) is 11.8 Å². The summed E-state index contributed by atoms with van der Waals surface area (Å²) in [5.74, 6) is -0.116. The summed E-state index contributed by atoms with van der Waals surface area (Å²) < 4.78 is 25.0. The number of benzene rings is 2. The molecule has 418 valence electrons. The van der Waals surface area contributed by atoms with Crippen LogP contribution in [0.25, 0.3) is 0 Å². The lowest BCUT2D eigenvalue weighted by Crippen LogP contribution is -2.57. The van der Waals surface area contributed by atoms with Gasteiger partial charge in [0.2, 0.25) is 45.5 Å². The van der Waals surface area contributed by atoms with E-state index in [0.717, 1.165) is 61.2 Å². The lowest BCUT2D eigenvalue weighted by molar-refractivity contribution is -0.144. The second-order valence-corrected chi connectivity index (χ2v) is 27.1. The standard InChI is InChI=1S/C54H80N10O9S3/c1-33-46(75-32-59-33)35-15-13-34(14-16-35)27-57-49(69)42-26-40(65)30-64(42)50(70)47(53(2,3)4)61-44(66)12-7-6-8-21-56-51(71)54(19-20-54)43-25-37(17-22-55-43)36-10-9-11-38(24-36)41-31-74-52(60-41)62-45(67)28-58-48(68)39-18-23-63(29-39)76(5,72)73/h9-11,13-16,24,33,37,39-43,46-47,52,55,59-60,65H,6-8,12,17-23,25-32H2,1-5H3,(H,56,71)(H,57,69)(H,58,68)(H,61,66)(H,62,67)/t33?,37?,39?,40-,41?,42+,43?,46?,47-,52?/m1/s1. The first-order valence-corrected chi connectivity index (χ1v) is 31.1. The number of carbonyl (C=O) groups is 6. The van der Waals surface area contributed by atoms with Crippen LogP contribution in [0.4, 0.5) is 0 Å². The summed E-state index contributed by atoms with van der Waals surface area (Å²) in [7, 11) is -3.37. The number of rotatable bonds is 21. The van der Waals surface area contributed by atoms with Gasteiger partial charge in [-0.15, -0.1) is 23.5 Å². The maximum absolute atomic E-state index is 14.1. The van der Waals surface area contributed by atoms with Crippen molar-refractivity contribution in [1.82, 2.24) is 51.7 Å². The Morgan fingerprint density at radius 1 is 0.868 bits per heavy atom. The van der Waals surface area contributed by atoms with Gasteiger partial charge in [0, 0.05) is 80.6 Å². The van der Waals surface area contributed by atoms with Crippen molar-refractivity contribution < 1.29 is 42.3 Å². The third-order valence-electron chi connectivity index (χ3n) is 16.1. The number of carbonyl (C=O) groups excluding carboxylic acids is 6. The molecule has 5 saturated heterocycles. The quantitative estimate of drug-likeness (QED) is 0.0816. The number of nitrogens with zero attached hydrogens (tertiary/aromatic N) is 2. The zero-order valence-electron chi connectivity index (χ0n) is 44.7. The lowest BCUT2D eigenvalue weighted by atomic mass is 9.79. The van der Waals surface area contributed by atoms with Crippen LogP contribution in [0.5, 0.6) is 0 Å². The molecule has 9 N–H and O–H groups in total. The molecule has 5 aliphatic heterocycles. The van der Waals surface area contributed by atoms with Crippen molar-refractivity contribution in [3.05, 3.63) is 70.8 Å². The SMILES string of the molecule is CC1NCSC1c1ccc(CNC(=O)[C@@H]2C[C@@H](O)CN2C(=O)[C@@H](NC(=O)CCCCCNC(=O)C2(C3CC(c4cccc(C5CSC(NC(=O)CNC(=O)C6CCN(S(C)(=O)=O)C6)N5)c4)CCN3)CC2)C(C)(C)C)cc1. The molecule has 0 radical (unpaired) electrons. The topological polar surface area (TPSA) is 260 Å². The number of nitrogens with one attached hydrogen (secondary N) is 8. The Balaban J connectivity index is 0.732. The van der Waals surface area contributed by atoms with Crippen molar-refractivity contribution in [2.24, 2.45) is 16.7 Å². The molecular formula is C54H80N10O9S3. The minimum Gasteiger partial charge on any atom is -0.391 e. The maximum Gasteiger partial charge on any atom is 0.246 e. The second kappa shape index (κ2) is 25.2. The minimum atomic E-state index is -3.37. The highest BCUT2D eigenvalue weighted by atomic mass is 32.2. The number of aliphatic hydroxyl groups is 1. The van der Waals surface area contributed by atoms with Crippen LogP contribution in [0.15, 0.2) is 48.5 Å². The molecule has 10 atom stereocenters. The van der Waals surface area contributed by atoms with Gasteiger partial charge >= 0.3 is 0 Å². The molecule has 6 amide bonds. The van der Waals surface area contributed by atoms with Crippen LogP contribution >= 0.6 is 23.5 Å². The van der Waals surface area contributed by atoms with E-state index in [0.29, 0.717) is 56.6 Å². The molecule has 2 aromatic rings. The predicted molar refractivity (Wildman–Crippen MR) is 295 cm³/mol. The van der Waals surface area contributed by atoms with Crippen molar-refractivity contribution in [1.29, 1.82) is 0 Å². The number of hydrogen-bond acceptors (Lipinski definition) is 14. The van der Waals surface area contributed by atoms with Crippen LogP contribution in [0.1, 0.15) is 131 Å². The summed E-state index contributed by atoms with van der Waals surface area (Å²) in [4.78, 5) is 81.6. The largest absolute Gasteiger partial charge is 0.391 e. The van der Waals surface area contributed by atoms with E-state index in [9.17, 15) is 42.3 Å². The van der Waals surface area contributed by atoms with Crippen molar-refractivity contribution in [2.75, 3.05) is 57.2 Å². The van der Waals surface area contributed by atoms with Crippen LogP contribution in [0.2, 0.25) is 0 Å². The van der Waals surface area contributed by atoms with Crippen molar-refractivity contribution in [2.45, 2.75) is 151 Å². The number of aliphatic hydroxyl groups excluding tert-OH is 1. The van der Waals surface area contributed by atoms with E-state index in [4.69, 9.17) is 0 Å². The Morgan fingerprint density at radius 3 is 2.33 bits per heavy atom. The fraction of sp³-hybridized carbons (Fsp3) is 0.667. The first kappa shape index (κ1) is 57.9. The lowest BCUT2D eigenvalue weighted by Gasteiger charge is -2.36. The third-order valence-corrected chi connectivity index (χ3v) is 19.9. The highest BCUT2D eigenvalue weighted by molar-refractivity contribution is 8.00. The summed E-state index contributed by atoms with van der Waals surface area (Å²) in [6.45, 7) is 9.63. The molecule has 6 aliphatic rings. The molecule has 0 bridgehead atoms. The Hall–Kier alpha value is -4.29. The molecule has 76 heavy (non-hydrogen) atoms. The number of β-amino-alcohol motifs (C(OH)–C–C–N with tert-alkyl or cyclic N) is 1. The smallest absolute Gasteiger partial charge is 0.246 e. The molecule has 6 fully saturated rings. The summed E-state index contributed by atoms with van der Waals surface area (Å²) in [5, 5.41) is 36.4. The number of piperidine rings is 1. The van der Waals surface area contributed by atoms with Crippen molar-refractivity contribution >= 4 is 69.0 Å². The zero-order valence-corrected chi connectivity index (χ0v) is 47.1. The van der Waals surface area contributed by atoms with Gasteiger partial charge in [-0.3, -0.25) is 34.1 Å². The Bertz CT molecular complexity index is 2530. The molecule has 1 saturated carbocycles. The average Bonchev–Trinajstić information content (AvgIpc) is 3.83. The van der Waals surface area contributed by atoms with Crippen LogP contribution in [-0.4, -0.2) is 151 Å². The van der Waals surface area contributed by atoms with E-state index >= 15 is 0 Å². The number of thioether (sulfide) groups is 2. The van der Waals surface area contributed by atoms with Gasteiger partial charge in [-0.25, -0.2) is 12.7 Å². The summed E-state index contributed by atoms with van der Waals surface area (Å²) in [5.41, 5.74) is 3.08. The van der Waals surface area contributed by atoms with Crippen molar-refractivity contribution in [3.63, 3.8) is 0 Å². The van der Waals surface area contributed by atoms with Gasteiger partial charge in [-0.1, -0.05) is 75.7 Å². The second-order valence-electron chi connectivity index (χ2n) is 22.9. The molecular weight excluding hydrogens is 1030 g/mol. The summed E-state index contributed by atoms with van der Waals surface area (Å²) in [6.07, 6.45) is 6.46. The van der Waals surface area contributed by atoms with Crippen LogP contribution in [-0.2, 0) is 45.3 Å². The van der Waals surface area contributed by atoms with Gasteiger partial charge in [-0.2, -0.15) is 0 Å².